The van der Waals surface area contributed by atoms with Gasteiger partial charge < -0.3 is 10.0 Å². The van der Waals surface area contributed by atoms with Crippen LogP contribution in [0.1, 0.15) is 47.4 Å². The summed E-state index contributed by atoms with van der Waals surface area (Å²) in [5.74, 6) is 1.97. The Labute approximate surface area is 167 Å². The van der Waals surface area contributed by atoms with E-state index in [1.54, 1.807) is 0 Å². The molecule has 3 aromatic carbocycles. The molecule has 142 valence electrons. The molecule has 1 saturated heterocycles. The van der Waals surface area contributed by atoms with Crippen LogP contribution in [0.4, 0.5) is 5.69 Å². The van der Waals surface area contributed by atoms with Crippen molar-refractivity contribution in [3.05, 3.63) is 95.1 Å². The van der Waals surface area contributed by atoms with Gasteiger partial charge in [-0.3, -0.25) is 0 Å². The summed E-state index contributed by atoms with van der Waals surface area (Å²) in [5, 5.41) is 9.97. The average molecular weight is 370 g/mol. The number of fused-ring (bicyclic) bond motifs is 1. The lowest BCUT2D eigenvalue weighted by molar-refractivity contribution is 0.447. The zero-order valence-corrected chi connectivity index (χ0v) is 16.4. The Morgan fingerprint density at radius 1 is 0.857 bits per heavy atom. The predicted molar refractivity (Wildman–Crippen MR) is 115 cm³/mol. The van der Waals surface area contributed by atoms with Crippen LogP contribution in [0, 0.1) is 5.92 Å². The number of hydrogen-bond acceptors (Lipinski definition) is 2. The van der Waals surface area contributed by atoms with Gasteiger partial charge in [0.15, 0.2) is 0 Å². The summed E-state index contributed by atoms with van der Waals surface area (Å²) >= 11 is 0. The van der Waals surface area contributed by atoms with E-state index in [2.05, 4.69) is 72.5 Å². The summed E-state index contributed by atoms with van der Waals surface area (Å²) in [6.07, 6.45) is 2.13. The second-order valence-electron chi connectivity index (χ2n) is 8.52. The lowest BCUT2D eigenvalue weighted by Crippen LogP contribution is -2.45. The highest BCUT2D eigenvalue weighted by molar-refractivity contribution is 5.53. The number of aryl methyl sites for hydroxylation is 1. The molecule has 2 aliphatic rings. The van der Waals surface area contributed by atoms with Gasteiger partial charge in [-0.1, -0.05) is 55.5 Å². The van der Waals surface area contributed by atoms with E-state index in [0.717, 1.165) is 31.8 Å². The molecule has 5 rings (SSSR count). The third-order valence-corrected chi connectivity index (χ3v) is 6.50. The number of hydrogen-bond donors (Lipinski definition) is 1. The highest BCUT2D eigenvalue weighted by atomic mass is 16.3. The molecule has 1 aliphatic carbocycles. The van der Waals surface area contributed by atoms with Crippen LogP contribution in [0.15, 0.2) is 72.8 Å². The quantitative estimate of drug-likeness (QED) is 0.639. The van der Waals surface area contributed by atoms with Gasteiger partial charge in [0, 0.05) is 24.7 Å². The van der Waals surface area contributed by atoms with Crippen molar-refractivity contribution in [1.29, 1.82) is 0 Å². The van der Waals surface area contributed by atoms with Crippen molar-refractivity contribution in [1.82, 2.24) is 0 Å². The molecule has 0 saturated carbocycles. The first-order valence-corrected chi connectivity index (χ1v) is 10.4. The fourth-order valence-corrected chi connectivity index (χ4v) is 5.08. The Bertz CT molecular complexity index is 957. The topological polar surface area (TPSA) is 23.5 Å². The Kier molecular flexibility index (Phi) is 4.35. The summed E-state index contributed by atoms with van der Waals surface area (Å²) in [7, 11) is 0. The number of phenols is 1. The average Bonchev–Trinajstić information content (AvgIpc) is 2.71. The Morgan fingerprint density at radius 2 is 1.61 bits per heavy atom. The van der Waals surface area contributed by atoms with Crippen molar-refractivity contribution in [2.45, 2.75) is 31.6 Å². The summed E-state index contributed by atoms with van der Waals surface area (Å²) in [6, 6.07) is 26.1. The van der Waals surface area contributed by atoms with Gasteiger partial charge in [0.2, 0.25) is 0 Å². The molecule has 0 aromatic heterocycles. The highest BCUT2D eigenvalue weighted by Gasteiger charge is 2.32. The molecule has 28 heavy (non-hydrogen) atoms. The van der Waals surface area contributed by atoms with E-state index >= 15 is 0 Å². The molecule has 2 heteroatoms. The van der Waals surface area contributed by atoms with Gasteiger partial charge in [-0.2, -0.15) is 0 Å². The monoisotopic (exact) mass is 369 g/mol. The summed E-state index contributed by atoms with van der Waals surface area (Å²) in [4.78, 5) is 2.45. The Hall–Kier alpha value is -2.74. The van der Waals surface area contributed by atoms with Crippen LogP contribution in [0.25, 0.3) is 0 Å². The lowest BCUT2D eigenvalue weighted by atomic mass is 9.69. The van der Waals surface area contributed by atoms with Gasteiger partial charge in [0.25, 0.3) is 0 Å². The van der Waals surface area contributed by atoms with Gasteiger partial charge in [0.05, 0.1) is 0 Å². The number of benzene rings is 3. The van der Waals surface area contributed by atoms with Crippen molar-refractivity contribution in [2.75, 3.05) is 18.0 Å². The molecule has 1 N–H and O–H groups in total. The molecule has 1 fully saturated rings. The van der Waals surface area contributed by atoms with Crippen LogP contribution >= 0.6 is 0 Å². The number of phenolic OH excluding ortho intramolecular Hbond substituents is 1. The van der Waals surface area contributed by atoms with Crippen LogP contribution < -0.4 is 4.90 Å². The SMILES string of the molecule is CC1CN(c2ccc([C@@H]3c4ccc(O)cc4CC[C@@H]3c3ccccc3)cc2)C1. The second kappa shape index (κ2) is 7.01. The van der Waals surface area contributed by atoms with Crippen LogP contribution in [0.3, 0.4) is 0 Å². The first-order valence-electron chi connectivity index (χ1n) is 10.4. The van der Waals surface area contributed by atoms with Crippen molar-refractivity contribution in [2.24, 2.45) is 5.92 Å². The third kappa shape index (κ3) is 3.07. The number of anilines is 1. The van der Waals surface area contributed by atoms with Crippen LogP contribution in [-0.2, 0) is 6.42 Å². The van der Waals surface area contributed by atoms with Crippen LogP contribution in [-0.4, -0.2) is 18.2 Å². The normalized spacial score (nSPS) is 21.8. The van der Waals surface area contributed by atoms with Gasteiger partial charge in [-0.25, -0.2) is 0 Å². The zero-order chi connectivity index (χ0) is 19.1. The van der Waals surface area contributed by atoms with E-state index in [-0.39, 0.29) is 0 Å². The van der Waals surface area contributed by atoms with Crippen LogP contribution in [0.5, 0.6) is 5.75 Å². The lowest BCUT2D eigenvalue weighted by Gasteiger charge is -2.39. The molecule has 0 unspecified atom stereocenters. The number of aromatic hydroxyl groups is 1. The standard InChI is InChI=1S/C26H27NO/c1-18-16-27(17-18)22-10-7-20(8-11-22)26-24(19-5-3-2-4-6-19)13-9-21-15-23(28)12-14-25(21)26/h2-8,10-12,14-15,18,24,26,28H,9,13,16-17H2,1H3/t24-,26+/m1/s1. The fraction of sp³-hybridized carbons (Fsp3) is 0.308. The molecule has 0 spiro atoms. The maximum atomic E-state index is 9.97. The molecular formula is C26H27NO. The van der Waals surface area contributed by atoms with E-state index in [9.17, 15) is 5.11 Å². The van der Waals surface area contributed by atoms with Crippen molar-refractivity contribution in [3.8, 4) is 5.75 Å². The van der Waals surface area contributed by atoms with Gasteiger partial charge >= 0.3 is 0 Å². The molecule has 0 amide bonds. The molecule has 0 bridgehead atoms. The number of nitrogens with zero attached hydrogens (tertiary/aromatic N) is 1. The minimum Gasteiger partial charge on any atom is -0.508 e. The zero-order valence-electron chi connectivity index (χ0n) is 16.4. The molecule has 0 radical (unpaired) electrons. The summed E-state index contributed by atoms with van der Waals surface area (Å²) in [5.41, 5.74) is 6.77. The van der Waals surface area contributed by atoms with Crippen molar-refractivity contribution >= 4 is 5.69 Å². The first-order chi connectivity index (χ1) is 13.7. The molecule has 2 nitrogen and oxygen atoms in total. The third-order valence-electron chi connectivity index (χ3n) is 6.50. The van der Waals surface area contributed by atoms with E-state index in [1.165, 1.54) is 27.9 Å². The van der Waals surface area contributed by atoms with Crippen LogP contribution in [0.2, 0.25) is 0 Å². The van der Waals surface area contributed by atoms with Crippen molar-refractivity contribution < 1.29 is 5.11 Å². The largest absolute Gasteiger partial charge is 0.508 e. The molecular weight excluding hydrogens is 342 g/mol. The maximum Gasteiger partial charge on any atom is 0.115 e. The fourth-order valence-electron chi connectivity index (χ4n) is 5.08. The molecule has 1 heterocycles. The minimum absolute atomic E-state index is 0.330. The first kappa shape index (κ1) is 17.4. The predicted octanol–water partition coefficient (Wildman–Crippen LogP) is 5.71. The van der Waals surface area contributed by atoms with E-state index in [1.807, 2.05) is 12.1 Å². The smallest absolute Gasteiger partial charge is 0.115 e. The Morgan fingerprint density at radius 3 is 2.32 bits per heavy atom. The van der Waals surface area contributed by atoms with Gasteiger partial charge in [-0.15, -0.1) is 0 Å². The van der Waals surface area contributed by atoms with E-state index in [4.69, 9.17) is 0 Å². The maximum absolute atomic E-state index is 9.97. The molecule has 1 aliphatic heterocycles. The second-order valence-corrected chi connectivity index (χ2v) is 8.52. The van der Waals surface area contributed by atoms with E-state index in [0.29, 0.717) is 17.6 Å². The number of rotatable bonds is 3. The molecule has 2 atom stereocenters. The van der Waals surface area contributed by atoms with Crippen molar-refractivity contribution in [3.63, 3.8) is 0 Å². The van der Waals surface area contributed by atoms with Gasteiger partial charge in [0.1, 0.15) is 5.75 Å². The van der Waals surface area contributed by atoms with Gasteiger partial charge in [-0.05, 0) is 71.2 Å². The minimum atomic E-state index is 0.330. The summed E-state index contributed by atoms with van der Waals surface area (Å²) in [6.45, 7) is 4.64. The molecule has 3 aromatic rings. The highest BCUT2D eigenvalue weighted by Crippen LogP contribution is 2.47. The van der Waals surface area contributed by atoms with E-state index < -0.39 is 0 Å². The Balaban J connectivity index is 1.54. The summed E-state index contributed by atoms with van der Waals surface area (Å²) < 4.78 is 0.